The summed E-state index contributed by atoms with van der Waals surface area (Å²) in [4.78, 5) is 13.7. The van der Waals surface area contributed by atoms with Gasteiger partial charge in [0, 0.05) is 29.9 Å². The molecule has 2 aliphatic heterocycles. The van der Waals surface area contributed by atoms with Crippen molar-refractivity contribution >= 4 is 17.3 Å². The van der Waals surface area contributed by atoms with Gasteiger partial charge in [0.15, 0.2) is 11.5 Å². The van der Waals surface area contributed by atoms with Crippen molar-refractivity contribution in [3.05, 3.63) is 36.0 Å². The minimum absolute atomic E-state index is 0.00537. The first-order valence-corrected chi connectivity index (χ1v) is 9.85. The second-order valence-electron chi connectivity index (χ2n) is 6.31. The quantitative estimate of drug-likeness (QED) is 0.702. The zero-order chi connectivity index (χ0) is 18.8. The van der Waals surface area contributed by atoms with E-state index in [-0.39, 0.29) is 12.9 Å². The molecule has 0 radical (unpaired) electrons. The fourth-order valence-electron chi connectivity index (χ4n) is 3.11. The first-order chi connectivity index (χ1) is 13.9. The van der Waals surface area contributed by atoms with E-state index in [1.54, 1.807) is 6.20 Å². The summed E-state index contributed by atoms with van der Waals surface area (Å²) in [7, 11) is 0. The lowest BCUT2D eigenvalue weighted by Crippen LogP contribution is -2.34. The van der Waals surface area contributed by atoms with Gasteiger partial charge in [-0.1, -0.05) is 6.07 Å². The van der Waals surface area contributed by atoms with Gasteiger partial charge in [-0.25, -0.2) is 15.0 Å². The van der Waals surface area contributed by atoms with Crippen molar-refractivity contribution in [3.8, 4) is 33.3 Å². The van der Waals surface area contributed by atoms with Crippen LogP contribution in [0.15, 0.2) is 36.0 Å². The van der Waals surface area contributed by atoms with Crippen LogP contribution in [0.5, 0.6) is 11.5 Å². The second kappa shape index (κ2) is 7.70. The number of fused-ring (bicyclic) bond motifs is 1. The molecule has 1 unspecified atom stereocenters. The van der Waals surface area contributed by atoms with Crippen LogP contribution in [0.4, 0.5) is 5.95 Å². The molecule has 2 aromatic heterocycles. The van der Waals surface area contributed by atoms with Crippen molar-refractivity contribution in [2.45, 2.75) is 6.10 Å². The topological polar surface area (TPSA) is 87.6 Å². The van der Waals surface area contributed by atoms with Gasteiger partial charge < -0.3 is 24.3 Å². The van der Waals surface area contributed by atoms with Gasteiger partial charge in [0.2, 0.25) is 12.7 Å². The number of benzene rings is 1. The summed E-state index contributed by atoms with van der Waals surface area (Å²) < 4.78 is 22.0. The Morgan fingerprint density at radius 3 is 2.96 bits per heavy atom. The molecule has 0 aliphatic carbocycles. The van der Waals surface area contributed by atoms with E-state index in [4.69, 9.17) is 23.9 Å². The molecule has 1 fully saturated rings. The molecule has 0 saturated carbocycles. The number of nitrogens with one attached hydrogen (secondary N) is 1. The number of thiazole rings is 1. The minimum Gasteiger partial charge on any atom is -0.454 e. The van der Waals surface area contributed by atoms with Crippen LogP contribution in [-0.2, 0) is 9.47 Å². The fourth-order valence-corrected chi connectivity index (χ4v) is 3.74. The van der Waals surface area contributed by atoms with E-state index < -0.39 is 0 Å². The van der Waals surface area contributed by atoms with Crippen LogP contribution in [0, 0.1) is 0 Å². The van der Waals surface area contributed by atoms with E-state index in [1.165, 1.54) is 11.3 Å². The molecular weight excluding hydrogens is 380 g/mol. The summed E-state index contributed by atoms with van der Waals surface area (Å²) in [5, 5.41) is 6.00. The second-order valence-corrected chi connectivity index (χ2v) is 7.20. The fraction of sp³-hybridized carbons (Fsp3) is 0.316. The monoisotopic (exact) mass is 398 g/mol. The minimum atomic E-state index is -0.00537. The maximum absolute atomic E-state index is 5.66. The highest BCUT2D eigenvalue weighted by Gasteiger charge is 2.19. The number of nitrogens with zero attached hydrogens (tertiary/aromatic N) is 3. The van der Waals surface area contributed by atoms with E-state index in [0.29, 0.717) is 32.3 Å². The van der Waals surface area contributed by atoms with Crippen molar-refractivity contribution < 1.29 is 18.9 Å². The van der Waals surface area contributed by atoms with E-state index in [2.05, 4.69) is 15.3 Å². The summed E-state index contributed by atoms with van der Waals surface area (Å²) in [5.74, 6) is 2.00. The Kier molecular flexibility index (Phi) is 4.78. The molecule has 8 nitrogen and oxygen atoms in total. The van der Waals surface area contributed by atoms with Gasteiger partial charge in [0.05, 0.1) is 25.9 Å². The Morgan fingerprint density at radius 2 is 2.11 bits per heavy atom. The van der Waals surface area contributed by atoms with Crippen molar-refractivity contribution in [3.63, 3.8) is 0 Å². The van der Waals surface area contributed by atoms with Crippen LogP contribution in [0.1, 0.15) is 0 Å². The van der Waals surface area contributed by atoms with E-state index in [1.807, 2.05) is 29.8 Å². The van der Waals surface area contributed by atoms with Crippen molar-refractivity contribution in [1.82, 2.24) is 15.0 Å². The third-order valence-electron chi connectivity index (χ3n) is 4.48. The zero-order valence-electron chi connectivity index (χ0n) is 15.0. The lowest BCUT2D eigenvalue weighted by atomic mass is 10.1. The lowest BCUT2D eigenvalue weighted by Gasteiger charge is -2.23. The van der Waals surface area contributed by atoms with Crippen molar-refractivity contribution in [2.75, 3.05) is 38.5 Å². The number of hydrogen-bond acceptors (Lipinski definition) is 9. The van der Waals surface area contributed by atoms with Crippen LogP contribution in [-0.4, -0.2) is 54.2 Å². The molecule has 144 valence electrons. The van der Waals surface area contributed by atoms with E-state index in [0.717, 1.165) is 33.3 Å². The summed E-state index contributed by atoms with van der Waals surface area (Å²) >= 11 is 1.54. The van der Waals surface area contributed by atoms with Gasteiger partial charge in [-0.2, -0.15) is 0 Å². The van der Waals surface area contributed by atoms with Gasteiger partial charge in [0.1, 0.15) is 10.7 Å². The highest BCUT2D eigenvalue weighted by atomic mass is 32.1. The van der Waals surface area contributed by atoms with Gasteiger partial charge >= 0.3 is 0 Å². The molecule has 28 heavy (non-hydrogen) atoms. The van der Waals surface area contributed by atoms with E-state index >= 15 is 0 Å². The maximum Gasteiger partial charge on any atom is 0.231 e. The Hall–Kier alpha value is -2.75. The molecule has 9 heteroatoms. The Labute approximate surface area is 165 Å². The van der Waals surface area contributed by atoms with Gasteiger partial charge in [0.25, 0.3) is 0 Å². The predicted octanol–water partition coefficient (Wildman–Crippen LogP) is 2.82. The van der Waals surface area contributed by atoms with Crippen molar-refractivity contribution in [2.24, 2.45) is 0 Å². The van der Waals surface area contributed by atoms with Crippen LogP contribution in [0.25, 0.3) is 21.8 Å². The average Bonchev–Trinajstić information content (AvgIpc) is 3.44. The number of rotatable bonds is 5. The maximum atomic E-state index is 5.66. The molecule has 1 aromatic carbocycles. The van der Waals surface area contributed by atoms with Gasteiger partial charge in [-0.3, -0.25) is 0 Å². The molecule has 5 rings (SSSR count). The third-order valence-corrected chi connectivity index (χ3v) is 5.26. The summed E-state index contributed by atoms with van der Waals surface area (Å²) in [5.41, 5.74) is 2.60. The predicted molar refractivity (Wildman–Crippen MR) is 104 cm³/mol. The number of aromatic nitrogens is 3. The number of ether oxygens (including phenoxy) is 4. The van der Waals surface area contributed by atoms with Crippen LogP contribution in [0.3, 0.4) is 0 Å². The standard InChI is InChI=1S/C19H18N4O4S/c1-2-15-16(27-11-26-15)7-12(1)14-9-22-19(21-8-13-10-24-4-5-25-13)23-17(14)18-20-3-6-28-18/h1-3,6-7,9,13H,4-5,8,10-11H2,(H,21,22,23). The van der Waals surface area contributed by atoms with Gasteiger partial charge in [-0.05, 0) is 17.7 Å². The molecule has 0 amide bonds. The van der Waals surface area contributed by atoms with Crippen LogP contribution < -0.4 is 14.8 Å². The molecule has 1 saturated heterocycles. The molecule has 3 aromatic rings. The lowest BCUT2D eigenvalue weighted by molar-refractivity contribution is -0.0819. The number of anilines is 1. The average molecular weight is 398 g/mol. The zero-order valence-corrected chi connectivity index (χ0v) is 15.8. The highest BCUT2D eigenvalue weighted by Crippen LogP contribution is 2.38. The Morgan fingerprint density at radius 1 is 1.14 bits per heavy atom. The molecule has 1 N–H and O–H groups in total. The van der Waals surface area contributed by atoms with Crippen molar-refractivity contribution in [1.29, 1.82) is 0 Å². The SMILES string of the molecule is c1csc(-c2nc(NCC3COCCO3)ncc2-c2ccc3c(c2)OCO3)n1. The molecule has 4 heterocycles. The Balaban J connectivity index is 1.45. The largest absolute Gasteiger partial charge is 0.454 e. The normalized spacial score (nSPS) is 18.2. The summed E-state index contributed by atoms with van der Waals surface area (Å²) in [6.45, 7) is 2.65. The molecular formula is C19H18N4O4S. The van der Waals surface area contributed by atoms with Crippen LogP contribution >= 0.6 is 11.3 Å². The summed E-state index contributed by atoms with van der Waals surface area (Å²) in [6.07, 6.45) is 3.57. The first kappa shape index (κ1) is 17.4. The van der Waals surface area contributed by atoms with Crippen LogP contribution in [0.2, 0.25) is 0 Å². The molecule has 2 aliphatic rings. The number of hydrogen-bond donors (Lipinski definition) is 1. The smallest absolute Gasteiger partial charge is 0.231 e. The Bertz CT molecular complexity index is 961. The molecule has 0 spiro atoms. The van der Waals surface area contributed by atoms with E-state index in [9.17, 15) is 0 Å². The van der Waals surface area contributed by atoms with Gasteiger partial charge in [-0.15, -0.1) is 11.3 Å². The first-order valence-electron chi connectivity index (χ1n) is 8.97. The molecule has 1 atom stereocenters. The summed E-state index contributed by atoms with van der Waals surface area (Å²) in [6, 6.07) is 5.82. The third kappa shape index (κ3) is 3.51. The highest BCUT2D eigenvalue weighted by molar-refractivity contribution is 7.13. The molecule has 0 bridgehead atoms.